The molecule has 96 valence electrons. The lowest BCUT2D eigenvalue weighted by molar-refractivity contribution is 0.0976. The highest BCUT2D eigenvalue weighted by atomic mass is 16.1. The number of nitrogens with two attached hydrogens (primary N) is 1. The molecule has 0 unspecified atom stereocenters. The van der Waals surface area contributed by atoms with Gasteiger partial charge in [0, 0.05) is 18.9 Å². The molecule has 1 aliphatic rings. The monoisotopic (exact) mass is 246 g/mol. The van der Waals surface area contributed by atoms with Crippen molar-refractivity contribution in [3.8, 4) is 0 Å². The number of hydrogen-bond acceptors (Lipinski definition) is 3. The molecule has 0 saturated heterocycles. The third-order valence-corrected chi connectivity index (χ3v) is 3.16. The van der Waals surface area contributed by atoms with Gasteiger partial charge in [0.25, 0.3) is 5.91 Å². The van der Waals surface area contributed by atoms with Crippen molar-refractivity contribution < 1.29 is 4.79 Å². The van der Waals surface area contributed by atoms with Gasteiger partial charge in [0.15, 0.2) is 5.96 Å². The number of aliphatic imine (C=N–C) groups is 1. The minimum absolute atomic E-state index is 0.120. The van der Waals surface area contributed by atoms with Gasteiger partial charge in [0.2, 0.25) is 0 Å². The molecule has 0 saturated carbocycles. The Labute approximate surface area is 107 Å². The lowest BCUT2D eigenvalue weighted by Crippen LogP contribution is -2.36. The zero-order valence-corrected chi connectivity index (χ0v) is 10.6. The molecule has 5 heteroatoms. The first kappa shape index (κ1) is 12.5. The second kappa shape index (κ2) is 5.62. The van der Waals surface area contributed by atoms with Gasteiger partial charge in [-0.05, 0) is 37.3 Å². The molecule has 3 N–H and O–H groups in total. The summed E-state index contributed by atoms with van der Waals surface area (Å²) >= 11 is 0. The molecule has 18 heavy (non-hydrogen) atoms. The summed E-state index contributed by atoms with van der Waals surface area (Å²) in [6.07, 6.45) is 7.20. The largest absolute Gasteiger partial charge is 0.370 e. The summed E-state index contributed by atoms with van der Waals surface area (Å²) in [7, 11) is 1.53. The van der Waals surface area contributed by atoms with Crippen molar-refractivity contribution in [1.29, 1.82) is 0 Å². The predicted octanol–water partition coefficient (Wildman–Crippen LogP) is 1.02. The smallest absolute Gasteiger partial charge is 0.259 e. The summed E-state index contributed by atoms with van der Waals surface area (Å²) < 4.78 is 0. The Balaban J connectivity index is 2.20. The van der Waals surface area contributed by atoms with E-state index in [0.717, 1.165) is 25.0 Å². The van der Waals surface area contributed by atoms with Crippen LogP contribution in [0.5, 0.6) is 0 Å². The third-order valence-electron chi connectivity index (χ3n) is 3.16. The van der Waals surface area contributed by atoms with Crippen LogP contribution in [0.1, 0.15) is 40.9 Å². The number of pyridine rings is 1. The maximum absolute atomic E-state index is 11.9. The van der Waals surface area contributed by atoms with Gasteiger partial charge in [-0.1, -0.05) is 6.42 Å². The van der Waals surface area contributed by atoms with Crippen molar-refractivity contribution in [3.63, 3.8) is 0 Å². The van der Waals surface area contributed by atoms with Crippen molar-refractivity contribution in [3.05, 3.63) is 29.1 Å². The Morgan fingerprint density at radius 2 is 2.17 bits per heavy atom. The first-order valence-electron chi connectivity index (χ1n) is 6.22. The van der Waals surface area contributed by atoms with E-state index in [1.807, 2.05) is 6.07 Å². The quantitative estimate of drug-likeness (QED) is 0.441. The van der Waals surface area contributed by atoms with E-state index >= 15 is 0 Å². The summed E-state index contributed by atoms with van der Waals surface area (Å²) in [5.41, 5.74) is 8.33. The minimum Gasteiger partial charge on any atom is -0.370 e. The van der Waals surface area contributed by atoms with E-state index in [2.05, 4.69) is 15.3 Å². The molecule has 0 aromatic carbocycles. The number of hydrogen-bond donors (Lipinski definition) is 2. The Morgan fingerprint density at radius 3 is 2.94 bits per heavy atom. The van der Waals surface area contributed by atoms with Crippen molar-refractivity contribution >= 4 is 11.9 Å². The first-order chi connectivity index (χ1) is 8.70. The van der Waals surface area contributed by atoms with E-state index in [9.17, 15) is 4.79 Å². The number of amides is 1. The van der Waals surface area contributed by atoms with Crippen LogP contribution in [0.4, 0.5) is 0 Å². The van der Waals surface area contributed by atoms with E-state index in [1.54, 1.807) is 6.20 Å². The van der Waals surface area contributed by atoms with Crippen LogP contribution in [0.2, 0.25) is 0 Å². The van der Waals surface area contributed by atoms with Crippen LogP contribution in [0, 0.1) is 0 Å². The van der Waals surface area contributed by atoms with Crippen LogP contribution < -0.4 is 11.1 Å². The Morgan fingerprint density at radius 1 is 1.39 bits per heavy atom. The second-order valence-electron chi connectivity index (χ2n) is 4.45. The van der Waals surface area contributed by atoms with Crippen LogP contribution in [-0.2, 0) is 12.8 Å². The third kappa shape index (κ3) is 2.85. The number of carbonyl (C=O) groups is 1. The number of nitrogens with one attached hydrogen (secondary N) is 1. The fourth-order valence-electron chi connectivity index (χ4n) is 2.13. The Hall–Kier alpha value is -1.91. The minimum atomic E-state index is -0.252. The number of aryl methyl sites for hydroxylation is 2. The van der Waals surface area contributed by atoms with Gasteiger partial charge in [0.1, 0.15) is 0 Å². The lowest BCUT2D eigenvalue weighted by atomic mass is 10.1. The SMILES string of the molecule is CN=C(N)NC(=O)c1cnc2c(c1)CCCCC2. The molecule has 1 aliphatic carbocycles. The zero-order chi connectivity index (χ0) is 13.0. The molecule has 0 atom stereocenters. The second-order valence-corrected chi connectivity index (χ2v) is 4.45. The number of nitrogens with zero attached hydrogens (tertiary/aromatic N) is 2. The fraction of sp³-hybridized carbons (Fsp3) is 0.462. The van der Waals surface area contributed by atoms with Crippen molar-refractivity contribution in [2.45, 2.75) is 32.1 Å². The molecule has 5 nitrogen and oxygen atoms in total. The number of carbonyl (C=O) groups excluding carboxylic acids is 1. The summed E-state index contributed by atoms with van der Waals surface area (Å²) in [5, 5.41) is 2.52. The van der Waals surface area contributed by atoms with Gasteiger partial charge < -0.3 is 5.73 Å². The standard InChI is InChI=1S/C13H18N4O/c1-15-13(14)17-12(18)10-7-9-5-3-2-4-6-11(9)16-8-10/h7-8H,2-6H2,1H3,(H3,14,15,17,18). The summed E-state index contributed by atoms with van der Waals surface area (Å²) in [6.45, 7) is 0. The summed E-state index contributed by atoms with van der Waals surface area (Å²) in [4.78, 5) is 20.0. The van der Waals surface area contributed by atoms with Crippen LogP contribution in [0.15, 0.2) is 17.3 Å². The molecule has 1 aromatic rings. The zero-order valence-electron chi connectivity index (χ0n) is 10.6. The van der Waals surface area contributed by atoms with Gasteiger partial charge >= 0.3 is 0 Å². The van der Waals surface area contributed by atoms with Gasteiger partial charge in [-0.15, -0.1) is 0 Å². The normalized spacial score (nSPS) is 15.7. The fourth-order valence-corrected chi connectivity index (χ4v) is 2.13. The van der Waals surface area contributed by atoms with Crippen molar-refractivity contribution in [1.82, 2.24) is 10.3 Å². The maximum Gasteiger partial charge on any atom is 0.259 e. The molecule has 2 rings (SSSR count). The van der Waals surface area contributed by atoms with Gasteiger partial charge in [0.05, 0.1) is 5.56 Å². The number of fused-ring (bicyclic) bond motifs is 1. The molecule has 0 bridgehead atoms. The molecule has 0 aliphatic heterocycles. The highest BCUT2D eigenvalue weighted by Crippen LogP contribution is 2.19. The van der Waals surface area contributed by atoms with Crippen LogP contribution in [-0.4, -0.2) is 23.9 Å². The van der Waals surface area contributed by atoms with Gasteiger partial charge in [-0.25, -0.2) is 0 Å². The number of rotatable bonds is 1. The number of guanidine groups is 1. The highest BCUT2D eigenvalue weighted by molar-refractivity contribution is 6.05. The average molecular weight is 246 g/mol. The molecule has 0 spiro atoms. The highest BCUT2D eigenvalue weighted by Gasteiger charge is 2.13. The van der Waals surface area contributed by atoms with Crippen molar-refractivity contribution in [2.24, 2.45) is 10.7 Å². The average Bonchev–Trinajstić information content (AvgIpc) is 2.62. The van der Waals surface area contributed by atoms with E-state index in [1.165, 1.54) is 25.5 Å². The van der Waals surface area contributed by atoms with Crippen LogP contribution >= 0.6 is 0 Å². The summed E-state index contributed by atoms with van der Waals surface area (Å²) in [5.74, 6) is -0.132. The number of aromatic nitrogens is 1. The Bertz CT molecular complexity index is 482. The van der Waals surface area contributed by atoms with E-state index in [4.69, 9.17) is 5.73 Å². The van der Waals surface area contributed by atoms with E-state index in [-0.39, 0.29) is 11.9 Å². The molecule has 1 amide bonds. The van der Waals surface area contributed by atoms with E-state index < -0.39 is 0 Å². The predicted molar refractivity (Wildman–Crippen MR) is 70.5 cm³/mol. The Kier molecular flexibility index (Phi) is 3.92. The van der Waals surface area contributed by atoms with Gasteiger partial charge in [-0.3, -0.25) is 20.1 Å². The summed E-state index contributed by atoms with van der Waals surface area (Å²) in [6, 6.07) is 1.92. The molecular formula is C13H18N4O. The van der Waals surface area contributed by atoms with Crippen molar-refractivity contribution in [2.75, 3.05) is 7.05 Å². The molecular weight excluding hydrogens is 228 g/mol. The molecule has 1 heterocycles. The molecule has 0 radical (unpaired) electrons. The maximum atomic E-state index is 11.9. The van der Waals surface area contributed by atoms with E-state index in [0.29, 0.717) is 5.56 Å². The van der Waals surface area contributed by atoms with Crippen LogP contribution in [0.25, 0.3) is 0 Å². The molecule has 0 fully saturated rings. The molecule has 1 aromatic heterocycles. The van der Waals surface area contributed by atoms with Crippen LogP contribution in [0.3, 0.4) is 0 Å². The first-order valence-corrected chi connectivity index (χ1v) is 6.22. The van der Waals surface area contributed by atoms with Gasteiger partial charge in [-0.2, -0.15) is 0 Å². The topological polar surface area (TPSA) is 80.4 Å². The lowest BCUT2D eigenvalue weighted by Gasteiger charge is -2.08.